The average Bonchev–Trinajstić information content (AvgIpc) is 2.99. The molecule has 0 radical (unpaired) electrons. The van der Waals surface area contributed by atoms with Crippen molar-refractivity contribution in [2.75, 3.05) is 0 Å². The van der Waals surface area contributed by atoms with E-state index in [0.717, 1.165) is 38.5 Å². The summed E-state index contributed by atoms with van der Waals surface area (Å²) in [4.78, 5) is 22.7. The largest absolute Gasteiger partial charge is 0.481 e. The first-order chi connectivity index (χ1) is 14.9. The van der Waals surface area contributed by atoms with Crippen molar-refractivity contribution < 1.29 is 29.6 Å². The number of carbonyl (C=O) groups is 2. The van der Waals surface area contributed by atoms with Gasteiger partial charge in [-0.3, -0.25) is 9.59 Å². The van der Waals surface area contributed by atoms with Crippen LogP contribution in [0, 0.1) is 11.8 Å². The first-order valence-electron chi connectivity index (χ1n) is 12.0. The number of rotatable bonds is 16. The fourth-order valence-electron chi connectivity index (χ4n) is 4.04. The number of carboxylic acid groups (broad SMARTS) is 1. The molecule has 0 unspecified atom stereocenters. The number of hydrogen-bond acceptors (Lipinski definition) is 5. The van der Waals surface area contributed by atoms with Gasteiger partial charge in [-0.2, -0.15) is 0 Å². The minimum atomic E-state index is -0.795. The summed E-state index contributed by atoms with van der Waals surface area (Å²) in [6.07, 6.45) is 14.7. The van der Waals surface area contributed by atoms with Gasteiger partial charge in [0.05, 0.1) is 12.2 Å². The van der Waals surface area contributed by atoms with E-state index >= 15 is 0 Å². The lowest BCUT2D eigenvalue weighted by Gasteiger charge is -2.21. The monoisotopic (exact) mass is 438 g/mol. The standard InChI is InChI=1S/C25H42O6/c1-3-5-9-12-19(31-25(30)15-6-4-2)16-17-21-20(22(26)18-23(21)27)13-10-7-8-11-14-24(28)29/h7,10,16-17,19-23,26-27H,3-6,8-9,11-15,18H2,1-2H3,(H,28,29)/b10-7-,17-16+/t19-,20+,21+,22-,23+/m0/s1. The van der Waals surface area contributed by atoms with Crippen LogP contribution in [0.3, 0.4) is 0 Å². The lowest BCUT2D eigenvalue weighted by atomic mass is 9.89. The Morgan fingerprint density at radius 1 is 1.00 bits per heavy atom. The predicted molar refractivity (Wildman–Crippen MR) is 122 cm³/mol. The molecule has 1 aliphatic rings. The molecule has 0 aromatic carbocycles. The van der Waals surface area contributed by atoms with Gasteiger partial charge in [-0.1, -0.05) is 51.3 Å². The third-order valence-corrected chi connectivity index (χ3v) is 5.91. The zero-order valence-corrected chi connectivity index (χ0v) is 19.2. The summed E-state index contributed by atoms with van der Waals surface area (Å²) in [5.74, 6) is -1.27. The predicted octanol–water partition coefficient (Wildman–Crippen LogP) is 4.78. The van der Waals surface area contributed by atoms with E-state index in [4.69, 9.17) is 9.84 Å². The molecular formula is C25H42O6. The molecule has 178 valence electrons. The highest BCUT2D eigenvalue weighted by atomic mass is 16.5. The van der Waals surface area contributed by atoms with E-state index in [0.29, 0.717) is 32.1 Å². The van der Waals surface area contributed by atoms with Gasteiger partial charge >= 0.3 is 11.9 Å². The number of hydrogen-bond donors (Lipinski definition) is 3. The molecule has 0 amide bonds. The quantitative estimate of drug-likeness (QED) is 0.182. The van der Waals surface area contributed by atoms with Crippen molar-refractivity contribution >= 4 is 11.9 Å². The van der Waals surface area contributed by atoms with E-state index < -0.39 is 18.2 Å². The van der Waals surface area contributed by atoms with Gasteiger partial charge < -0.3 is 20.1 Å². The SMILES string of the molecule is CCCCC[C@@H](/C=C/[C@@H]1[C@@H](C/C=C\CCCC(=O)O)[C@@H](O)C[C@H]1O)OC(=O)CCCC. The number of ether oxygens (including phenoxy) is 1. The maximum absolute atomic E-state index is 12.1. The van der Waals surface area contributed by atoms with Gasteiger partial charge in [-0.15, -0.1) is 0 Å². The van der Waals surface area contributed by atoms with Crippen LogP contribution in [0.15, 0.2) is 24.3 Å². The highest BCUT2D eigenvalue weighted by molar-refractivity contribution is 5.69. The molecular weight excluding hydrogens is 396 g/mol. The Hall–Kier alpha value is -1.66. The molecule has 0 aromatic rings. The Balaban J connectivity index is 2.69. The van der Waals surface area contributed by atoms with Crippen LogP contribution < -0.4 is 0 Å². The molecule has 5 atom stereocenters. The van der Waals surface area contributed by atoms with Crippen molar-refractivity contribution in [1.82, 2.24) is 0 Å². The van der Waals surface area contributed by atoms with Crippen molar-refractivity contribution in [1.29, 1.82) is 0 Å². The molecule has 1 rings (SSSR count). The Morgan fingerprint density at radius 3 is 2.42 bits per heavy atom. The number of aliphatic carboxylic acids is 1. The van der Waals surface area contributed by atoms with Gasteiger partial charge in [0.15, 0.2) is 0 Å². The fourth-order valence-corrected chi connectivity index (χ4v) is 4.04. The van der Waals surface area contributed by atoms with Crippen LogP contribution in [0.1, 0.15) is 90.9 Å². The molecule has 0 heterocycles. The summed E-state index contributed by atoms with van der Waals surface area (Å²) < 4.78 is 5.67. The number of carbonyl (C=O) groups excluding carboxylic acids is 1. The molecule has 3 N–H and O–H groups in total. The minimum Gasteiger partial charge on any atom is -0.481 e. The van der Waals surface area contributed by atoms with Crippen LogP contribution in [0.25, 0.3) is 0 Å². The first kappa shape index (κ1) is 27.4. The van der Waals surface area contributed by atoms with Crippen molar-refractivity contribution in [3.05, 3.63) is 24.3 Å². The molecule has 0 saturated heterocycles. The number of aliphatic hydroxyl groups excluding tert-OH is 2. The number of aliphatic hydroxyl groups is 2. The first-order valence-corrected chi connectivity index (χ1v) is 12.0. The smallest absolute Gasteiger partial charge is 0.306 e. The Morgan fingerprint density at radius 2 is 1.74 bits per heavy atom. The van der Waals surface area contributed by atoms with E-state index in [2.05, 4.69) is 6.92 Å². The molecule has 0 aliphatic heterocycles. The zero-order valence-electron chi connectivity index (χ0n) is 19.2. The normalized spacial score (nSPS) is 24.8. The van der Waals surface area contributed by atoms with Crippen LogP contribution in [-0.2, 0) is 14.3 Å². The van der Waals surface area contributed by atoms with E-state index in [9.17, 15) is 19.8 Å². The highest BCUT2D eigenvalue weighted by Gasteiger charge is 2.39. The van der Waals surface area contributed by atoms with Gasteiger partial charge in [0.25, 0.3) is 0 Å². The summed E-state index contributed by atoms with van der Waals surface area (Å²) in [5.41, 5.74) is 0. The van der Waals surface area contributed by atoms with E-state index in [1.165, 1.54) is 0 Å². The van der Waals surface area contributed by atoms with Crippen molar-refractivity contribution in [3.8, 4) is 0 Å². The molecule has 6 heteroatoms. The summed E-state index contributed by atoms with van der Waals surface area (Å²) in [7, 11) is 0. The summed E-state index contributed by atoms with van der Waals surface area (Å²) >= 11 is 0. The maximum Gasteiger partial charge on any atom is 0.306 e. The Kier molecular flexibility index (Phi) is 14.2. The number of allylic oxidation sites excluding steroid dienone is 2. The highest BCUT2D eigenvalue weighted by Crippen LogP contribution is 2.36. The molecule has 1 fully saturated rings. The van der Waals surface area contributed by atoms with Crippen LogP contribution in [0.2, 0.25) is 0 Å². The zero-order chi connectivity index (χ0) is 23.1. The van der Waals surface area contributed by atoms with Crippen LogP contribution in [0.5, 0.6) is 0 Å². The number of esters is 1. The molecule has 1 aliphatic carbocycles. The van der Waals surface area contributed by atoms with E-state index in [-0.39, 0.29) is 30.3 Å². The fraction of sp³-hybridized carbons (Fsp3) is 0.760. The number of carboxylic acids is 1. The molecule has 1 saturated carbocycles. The Bertz CT molecular complexity index is 570. The van der Waals surface area contributed by atoms with Gasteiger partial charge in [-0.25, -0.2) is 0 Å². The van der Waals surface area contributed by atoms with E-state index in [1.807, 2.05) is 31.2 Å². The molecule has 6 nitrogen and oxygen atoms in total. The summed E-state index contributed by atoms with van der Waals surface area (Å²) in [5, 5.41) is 29.5. The second-order valence-electron chi connectivity index (χ2n) is 8.62. The second kappa shape index (κ2) is 16.0. The minimum absolute atomic E-state index is 0.103. The van der Waals surface area contributed by atoms with Crippen molar-refractivity contribution in [2.24, 2.45) is 11.8 Å². The molecule has 31 heavy (non-hydrogen) atoms. The van der Waals surface area contributed by atoms with Crippen LogP contribution >= 0.6 is 0 Å². The van der Waals surface area contributed by atoms with Crippen LogP contribution in [-0.4, -0.2) is 45.6 Å². The molecule has 0 aromatic heterocycles. The van der Waals surface area contributed by atoms with Crippen LogP contribution in [0.4, 0.5) is 0 Å². The number of unbranched alkanes of at least 4 members (excludes halogenated alkanes) is 4. The lowest BCUT2D eigenvalue weighted by Crippen LogP contribution is -2.21. The third-order valence-electron chi connectivity index (χ3n) is 5.91. The van der Waals surface area contributed by atoms with Gasteiger partial charge in [-0.05, 0) is 50.5 Å². The average molecular weight is 439 g/mol. The topological polar surface area (TPSA) is 104 Å². The maximum atomic E-state index is 12.1. The molecule has 0 bridgehead atoms. The van der Waals surface area contributed by atoms with Gasteiger partial charge in [0.2, 0.25) is 0 Å². The second-order valence-corrected chi connectivity index (χ2v) is 8.62. The third kappa shape index (κ3) is 11.5. The van der Waals surface area contributed by atoms with Gasteiger partial charge in [0, 0.05) is 25.2 Å². The van der Waals surface area contributed by atoms with Crippen molar-refractivity contribution in [3.63, 3.8) is 0 Å². The summed E-state index contributed by atoms with van der Waals surface area (Å²) in [6, 6.07) is 0. The van der Waals surface area contributed by atoms with Gasteiger partial charge in [0.1, 0.15) is 6.10 Å². The molecule has 0 spiro atoms. The Labute approximate surface area is 187 Å². The summed E-state index contributed by atoms with van der Waals surface area (Å²) in [6.45, 7) is 4.17. The lowest BCUT2D eigenvalue weighted by molar-refractivity contribution is -0.147. The van der Waals surface area contributed by atoms with E-state index in [1.54, 1.807) is 0 Å². The van der Waals surface area contributed by atoms with Crippen molar-refractivity contribution in [2.45, 2.75) is 109 Å².